The molecule has 1 unspecified atom stereocenters. The van der Waals surface area contributed by atoms with Gasteiger partial charge in [0.05, 0.1) is 5.69 Å². The summed E-state index contributed by atoms with van der Waals surface area (Å²) in [7, 11) is 0. The second-order valence-electron chi connectivity index (χ2n) is 5.91. The Hall–Kier alpha value is -1.93. The van der Waals surface area contributed by atoms with Crippen LogP contribution in [0.15, 0.2) is 54.2 Å². The molecule has 37 heavy (non-hydrogen) atoms. The number of nitrogens with one attached hydrogen (secondary N) is 1. The van der Waals surface area contributed by atoms with Crippen LogP contribution in [0.1, 0.15) is 146 Å². The van der Waals surface area contributed by atoms with Crippen molar-refractivity contribution in [1.29, 1.82) is 0 Å². The van der Waals surface area contributed by atoms with Crippen LogP contribution in [0, 0.1) is 0 Å². The van der Waals surface area contributed by atoms with Crippen molar-refractivity contribution in [1.82, 2.24) is 10.3 Å². The van der Waals surface area contributed by atoms with Crippen molar-refractivity contribution >= 4 is 0 Å². The van der Waals surface area contributed by atoms with Crippen LogP contribution in [0.4, 0.5) is 0 Å². The summed E-state index contributed by atoms with van der Waals surface area (Å²) in [5.41, 5.74) is 7.17. The van der Waals surface area contributed by atoms with Gasteiger partial charge in [-0.3, -0.25) is 4.98 Å². The molecule has 1 aromatic carbocycles. The second-order valence-corrected chi connectivity index (χ2v) is 5.91. The highest BCUT2D eigenvalue weighted by atomic mass is 14.9. The Labute approximate surface area is 235 Å². The molecule has 0 saturated heterocycles. The van der Waals surface area contributed by atoms with Crippen molar-refractivity contribution in [3.63, 3.8) is 0 Å². The average molecular weight is 517 g/mol. The number of pyridine rings is 1. The molecule has 0 saturated carbocycles. The SMILES string of the molecule is C1=C(C2c3ccccc3CCc3cccnc32)CCNC1.CC.CC.CC.CC.CC.CC.CC.CC. The molecule has 2 aromatic rings. The summed E-state index contributed by atoms with van der Waals surface area (Å²) in [6, 6.07) is 13.2. The predicted molar refractivity (Wildman–Crippen MR) is 176 cm³/mol. The normalized spacial score (nSPS) is 13.2. The highest BCUT2D eigenvalue weighted by Gasteiger charge is 2.27. The average Bonchev–Trinajstić information content (AvgIpc) is 3.22. The molecule has 218 valence electrons. The monoisotopic (exact) mass is 517 g/mol. The van der Waals surface area contributed by atoms with E-state index in [1.54, 1.807) is 0 Å². The van der Waals surface area contributed by atoms with Crippen LogP contribution in [0.3, 0.4) is 0 Å². The van der Waals surface area contributed by atoms with E-state index in [0.29, 0.717) is 5.92 Å². The number of hydrogen-bond donors (Lipinski definition) is 1. The van der Waals surface area contributed by atoms with Crippen LogP contribution in [0.25, 0.3) is 0 Å². The minimum Gasteiger partial charge on any atom is -0.313 e. The summed E-state index contributed by atoms with van der Waals surface area (Å²) in [4.78, 5) is 4.77. The molecule has 1 aliphatic carbocycles. The number of aryl methyl sites for hydroxylation is 2. The first-order valence-corrected chi connectivity index (χ1v) is 15.8. The lowest BCUT2D eigenvalue weighted by atomic mass is 9.83. The van der Waals surface area contributed by atoms with Crippen molar-refractivity contribution in [3.8, 4) is 0 Å². The first-order chi connectivity index (χ1) is 18.4. The lowest BCUT2D eigenvalue weighted by Crippen LogP contribution is -2.23. The molecular weight excluding hydrogens is 448 g/mol. The van der Waals surface area contributed by atoms with Crippen LogP contribution in [0.2, 0.25) is 0 Å². The van der Waals surface area contributed by atoms with Crippen molar-refractivity contribution in [2.45, 2.75) is 136 Å². The fourth-order valence-electron chi connectivity index (χ4n) is 3.66. The van der Waals surface area contributed by atoms with Gasteiger partial charge in [-0.05, 0) is 48.6 Å². The zero-order valence-corrected chi connectivity index (χ0v) is 28.2. The van der Waals surface area contributed by atoms with Gasteiger partial charge in [0.15, 0.2) is 0 Å². The maximum absolute atomic E-state index is 4.77. The van der Waals surface area contributed by atoms with Crippen molar-refractivity contribution in [3.05, 3.63) is 76.6 Å². The molecule has 0 bridgehead atoms. The summed E-state index contributed by atoms with van der Waals surface area (Å²) in [6.07, 6.45) is 7.66. The lowest BCUT2D eigenvalue weighted by Gasteiger charge is -2.25. The van der Waals surface area contributed by atoms with Gasteiger partial charge >= 0.3 is 0 Å². The lowest BCUT2D eigenvalue weighted by molar-refractivity contribution is 0.667. The van der Waals surface area contributed by atoms with Gasteiger partial charge in [-0.25, -0.2) is 0 Å². The third kappa shape index (κ3) is 17.3. The van der Waals surface area contributed by atoms with Crippen LogP contribution in [-0.4, -0.2) is 18.1 Å². The second kappa shape index (κ2) is 38.6. The minimum absolute atomic E-state index is 0.349. The molecule has 2 nitrogen and oxygen atoms in total. The first kappa shape index (κ1) is 45.0. The van der Waals surface area contributed by atoms with E-state index < -0.39 is 0 Å². The van der Waals surface area contributed by atoms with Gasteiger partial charge in [0.1, 0.15) is 0 Å². The van der Waals surface area contributed by atoms with Gasteiger partial charge in [-0.2, -0.15) is 0 Å². The van der Waals surface area contributed by atoms with E-state index in [1.807, 2.05) is 117 Å². The number of nitrogens with zero attached hydrogens (tertiary/aromatic N) is 1. The van der Waals surface area contributed by atoms with E-state index in [2.05, 4.69) is 47.8 Å². The Kier molecular flexibility index (Phi) is 47.0. The number of benzene rings is 1. The van der Waals surface area contributed by atoms with Crippen molar-refractivity contribution in [2.24, 2.45) is 0 Å². The number of aromatic nitrogens is 1. The molecule has 1 atom stereocenters. The summed E-state index contributed by atoms with van der Waals surface area (Å²) in [5, 5.41) is 3.42. The minimum atomic E-state index is 0.349. The van der Waals surface area contributed by atoms with E-state index in [-0.39, 0.29) is 0 Å². The number of rotatable bonds is 1. The molecule has 0 fully saturated rings. The smallest absolute Gasteiger partial charge is 0.0551 e. The van der Waals surface area contributed by atoms with E-state index in [9.17, 15) is 0 Å². The predicted octanol–water partition coefficient (Wildman–Crippen LogP) is 11.4. The van der Waals surface area contributed by atoms with Gasteiger partial charge in [0, 0.05) is 18.7 Å². The highest BCUT2D eigenvalue weighted by Crippen LogP contribution is 2.39. The molecule has 1 aromatic heterocycles. The van der Waals surface area contributed by atoms with Gasteiger partial charge in [-0.1, -0.05) is 153 Å². The maximum Gasteiger partial charge on any atom is 0.0551 e. The Balaban J connectivity index is -0.000000184. The van der Waals surface area contributed by atoms with Crippen LogP contribution in [0.5, 0.6) is 0 Å². The topological polar surface area (TPSA) is 24.9 Å². The largest absolute Gasteiger partial charge is 0.313 e. The molecule has 4 rings (SSSR count). The summed E-state index contributed by atoms with van der Waals surface area (Å²) in [6.45, 7) is 34.1. The zero-order valence-electron chi connectivity index (χ0n) is 28.2. The fraction of sp³-hybridized carbons (Fsp3) is 0.629. The third-order valence-corrected chi connectivity index (χ3v) is 4.70. The van der Waals surface area contributed by atoms with Gasteiger partial charge in [0.25, 0.3) is 0 Å². The first-order valence-electron chi connectivity index (χ1n) is 15.8. The Morgan fingerprint density at radius 2 is 1.08 bits per heavy atom. The van der Waals surface area contributed by atoms with E-state index in [0.717, 1.165) is 32.4 Å². The van der Waals surface area contributed by atoms with E-state index >= 15 is 0 Å². The van der Waals surface area contributed by atoms with Gasteiger partial charge in [0.2, 0.25) is 0 Å². The standard InChI is InChI=1S/C19H20N2.8C2H6/c1-2-6-17-14(4-1)7-8-16-5-3-11-21-19(16)18(17)15-9-12-20-13-10-15;8*1-2/h1-6,9,11,18,20H,7-8,10,12-13H2;8*1-2H3. The van der Waals surface area contributed by atoms with E-state index in [1.165, 1.54) is 28.0 Å². The summed E-state index contributed by atoms with van der Waals surface area (Å²) < 4.78 is 0. The zero-order chi connectivity index (χ0) is 30.1. The Morgan fingerprint density at radius 3 is 1.59 bits per heavy atom. The quantitative estimate of drug-likeness (QED) is 0.381. The molecule has 0 spiro atoms. The van der Waals surface area contributed by atoms with Gasteiger partial charge in [-0.15, -0.1) is 0 Å². The molecular formula is C35H68N2. The van der Waals surface area contributed by atoms with Gasteiger partial charge < -0.3 is 5.32 Å². The molecule has 2 heteroatoms. The maximum atomic E-state index is 4.77. The van der Waals surface area contributed by atoms with Crippen LogP contribution >= 0.6 is 0 Å². The molecule has 0 radical (unpaired) electrons. The fourth-order valence-corrected chi connectivity index (χ4v) is 3.66. The number of hydrogen-bond acceptors (Lipinski definition) is 2. The van der Waals surface area contributed by atoms with Crippen LogP contribution < -0.4 is 5.32 Å². The molecule has 2 aliphatic rings. The van der Waals surface area contributed by atoms with Crippen LogP contribution in [-0.2, 0) is 12.8 Å². The summed E-state index contributed by atoms with van der Waals surface area (Å²) >= 11 is 0. The van der Waals surface area contributed by atoms with Crippen molar-refractivity contribution < 1.29 is 0 Å². The molecule has 1 aliphatic heterocycles. The van der Waals surface area contributed by atoms with Crippen molar-refractivity contribution in [2.75, 3.05) is 13.1 Å². The Morgan fingerprint density at radius 1 is 0.595 bits per heavy atom. The highest BCUT2D eigenvalue weighted by molar-refractivity contribution is 5.48. The van der Waals surface area contributed by atoms with E-state index in [4.69, 9.17) is 4.98 Å². The molecule has 0 amide bonds. The molecule has 1 N–H and O–H groups in total. The Bertz CT molecular complexity index is 642. The number of fused-ring (bicyclic) bond motifs is 2. The summed E-state index contributed by atoms with van der Waals surface area (Å²) in [5.74, 6) is 0.349. The molecule has 2 heterocycles. The third-order valence-electron chi connectivity index (χ3n) is 4.70.